The van der Waals surface area contributed by atoms with Gasteiger partial charge in [0.05, 0.1) is 10.9 Å². The van der Waals surface area contributed by atoms with Crippen molar-refractivity contribution in [1.29, 1.82) is 0 Å². The number of benzene rings is 3. The largest absolute Gasteiger partial charge is 0.170 e. The summed E-state index contributed by atoms with van der Waals surface area (Å²) in [7, 11) is -0.00451. The molecule has 1 heterocycles. The first-order valence-electron chi connectivity index (χ1n) is 7.68. The topological polar surface area (TPSA) is 0 Å². The first kappa shape index (κ1) is 13.7. The van der Waals surface area contributed by atoms with Crippen LogP contribution in [0, 0.1) is 0 Å². The molecule has 0 amide bonds. The SMILES string of the molecule is CC1(C)c2ccccc2[S+](c2ccccc2)c2ccccc21. The maximum Gasteiger partial charge on any atom is 0.170 e. The normalized spacial score (nSPS) is 15.9. The third kappa shape index (κ3) is 1.93. The van der Waals surface area contributed by atoms with Gasteiger partial charge in [-0.1, -0.05) is 68.4 Å². The van der Waals surface area contributed by atoms with E-state index in [9.17, 15) is 0 Å². The molecule has 0 nitrogen and oxygen atoms in total. The van der Waals surface area contributed by atoms with E-state index in [0.29, 0.717) is 0 Å². The molecule has 4 rings (SSSR count). The summed E-state index contributed by atoms with van der Waals surface area (Å²) in [6, 6.07) is 28.8. The van der Waals surface area contributed by atoms with Crippen LogP contribution in [0.5, 0.6) is 0 Å². The molecule has 22 heavy (non-hydrogen) atoms. The van der Waals surface area contributed by atoms with Crippen LogP contribution in [0.15, 0.2) is 93.5 Å². The van der Waals surface area contributed by atoms with E-state index in [1.165, 1.54) is 25.8 Å². The summed E-state index contributed by atoms with van der Waals surface area (Å²) in [4.78, 5) is 4.34. The van der Waals surface area contributed by atoms with Gasteiger partial charge in [0.15, 0.2) is 14.7 Å². The fourth-order valence-electron chi connectivity index (χ4n) is 3.40. The quantitative estimate of drug-likeness (QED) is 0.526. The smallest absolute Gasteiger partial charge is 0.0619 e. The molecule has 108 valence electrons. The van der Waals surface area contributed by atoms with Crippen molar-refractivity contribution in [3.05, 3.63) is 90.0 Å². The highest BCUT2D eigenvalue weighted by Crippen LogP contribution is 2.48. The van der Waals surface area contributed by atoms with Crippen molar-refractivity contribution in [2.45, 2.75) is 33.9 Å². The van der Waals surface area contributed by atoms with Crippen LogP contribution < -0.4 is 0 Å². The van der Waals surface area contributed by atoms with E-state index in [2.05, 4.69) is 92.7 Å². The third-order valence-electron chi connectivity index (χ3n) is 4.54. The minimum atomic E-state index is -0.00451. The first-order valence-corrected chi connectivity index (χ1v) is 8.90. The Balaban J connectivity index is 2.05. The minimum Gasteiger partial charge on any atom is -0.0619 e. The Kier molecular flexibility index (Phi) is 3.12. The van der Waals surface area contributed by atoms with Gasteiger partial charge in [-0.15, -0.1) is 0 Å². The molecule has 0 saturated heterocycles. The summed E-state index contributed by atoms with van der Waals surface area (Å²) in [6.07, 6.45) is 0. The van der Waals surface area contributed by atoms with Crippen LogP contribution in [0.1, 0.15) is 25.0 Å². The zero-order valence-corrected chi connectivity index (χ0v) is 13.7. The summed E-state index contributed by atoms with van der Waals surface area (Å²) in [5.74, 6) is 0. The van der Waals surface area contributed by atoms with Crippen molar-refractivity contribution >= 4 is 10.9 Å². The maximum atomic E-state index is 2.34. The van der Waals surface area contributed by atoms with Crippen LogP contribution in [0.4, 0.5) is 0 Å². The first-order chi connectivity index (χ1) is 10.7. The van der Waals surface area contributed by atoms with Gasteiger partial charge >= 0.3 is 0 Å². The molecule has 0 bridgehead atoms. The highest BCUT2D eigenvalue weighted by atomic mass is 32.2. The average molecular weight is 303 g/mol. The van der Waals surface area contributed by atoms with Crippen molar-refractivity contribution < 1.29 is 0 Å². The Hall–Kier alpha value is -1.99. The summed E-state index contributed by atoms with van der Waals surface area (Å²) in [5, 5.41) is 0. The van der Waals surface area contributed by atoms with Crippen LogP contribution >= 0.6 is 0 Å². The standard InChI is InChI=1S/C21H19S/c1-21(2)17-12-6-8-14-19(17)22(16-10-4-3-5-11-16)20-15-9-7-13-18(20)21/h3-15H,1-2H3/q+1. The van der Waals surface area contributed by atoms with Crippen LogP contribution in [0.2, 0.25) is 0 Å². The van der Waals surface area contributed by atoms with E-state index in [-0.39, 0.29) is 16.3 Å². The van der Waals surface area contributed by atoms with Crippen molar-refractivity contribution in [2.75, 3.05) is 0 Å². The lowest BCUT2D eigenvalue weighted by atomic mass is 9.78. The van der Waals surface area contributed by atoms with E-state index in [1.807, 2.05) is 0 Å². The van der Waals surface area contributed by atoms with Crippen molar-refractivity contribution in [2.24, 2.45) is 0 Å². The zero-order valence-electron chi connectivity index (χ0n) is 12.9. The van der Waals surface area contributed by atoms with E-state index in [0.717, 1.165) is 0 Å². The molecular weight excluding hydrogens is 284 g/mol. The second-order valence-corrected chi connectivity index (χ2v) is 8.20. The second-order valence-electron chi connectivity index (χ2n) is 6.24. The molecule has 0 atom stereocenters. The number of hydrogen-bond donors (Lipinski definition) is 0. The Morgan fingerprint density at radius 2 is 1.05 bits per heavy atom. The predicted octanol–water partition coefficient (Wildman–Crippen LogP) is 5.42. The summed E-state index contributed by atoms with van der Waals surface area (Å²) in [5.41, 5.74) is 2.98. The van der Waals surface area contributed by atoms with Crippen LogP contribution in [-0.4, -0.2) is 0 Å². The molecule has 0 spiro atoms. The summed E-state index contributed by atoms with van der Waals surface area (Å²) < 4.78 is 0. The third-order valence-corrected chi connectivity index (χ3v) is 6.87. The lowest BCUT2D eigenvalue weighted by molar-refractivity contribution is 0.605. The molecule has 0 fully saturated rings. The molecule has 3 aromatic carbocycles. The fourth-order valence-corrected chi connectivity index (χ4v) is 6.09. The lowest BCUT2D eigenvalue weighted by Gasteiger charge is -2.33. The van der Waals surface area contributed by atoms with E-state index in [1.54, 1.807) is 0 Å². The molecular formula is C21H19S+. The predicted molar refractivity (Wildman–Crippen MR) is 93.6 cm³/mol. The molecule has 1 aliphatic rings. The van der Waals surface area contributed by atoms with Gasteiger partial charge in [-0.3, -0.25) is 0 Å². The van der Waals surface area contributed by atoms with Gasteiger partial charge in [0, 0.05) is 16.5 Å². The van der Waals surface area contributed by atoms with Crippen molar-refractivity contribution in [3.63, 3.8) is 0 Å². The monoisotopic (exact) mass is 303 g/mol. The molecule has 3 aromatic rings. The maximum absolute atomic E-state index is 2.34. The molecule has 0 saturated carbocycles. The van der Waals surface area contributed by atoms with Gasteiger partial charge in [-0.2, -0.15) is 0 Å². The minimum absolute atomic E-state index is 0.00451. The number of hydrogen-bond acceptors (Lipinski definition) is 0. The molecule has 1 aliphatic heterocycles. The summed E-state index contributed by atoms with van der Waals surface area (Å²) in [6.45, 7) is 4.69. The zero-order chi connectivity index (χ0) is 15.2. The van der Waals surface area contributed by atoms with Gasteiger partial charge in [-0.25, -0.2) is 0 Å². The molecule has 0 aliphatic carbocycles. The van der Waals surface area contributed by atoms with Gasteiger partial charge in [-0.05, 0) is 24.3 Å². The summed E-state index contributed by atoms with van der Waals surface area (Å²) >= 11 is 0. The highest BCUT2D eigenvalue weighted by Gasteiger charge is 2.45. The van der Waals surface area contributed by atoms with Gasteiger partial charge in [0.1, 0.15) is 0 Å². The lowest BCUT2D eigenvalue weighted by Crippen LogP contribution is -2.29. The van der Waals surface area contributed by atoms with E-state index >= 15 is 0 Å². The van der Waals surface area contributed by atoms with Crippen LogP contribution in [-0.2, 0) is 16.3 Å². The molecule has 1 heteroatoms. The van der Waals surface area contributed by atoms with Crippen LogP contribution in [0.3, 0.4) is 0 Å². The van der Waals surface area contributed by atoms with E-state index in [4.69, 9.17) is 0 Å². The van der Waals surface area contributed by atoms with Gasteiger partial charge in [0.25, 0.3) is 0 Å². The molecule has 0 N–H and O–H groups in total. The molecule has 0 radical (unpaired) electrons. The molecule has 0 unspecified atom stereocenters. The highest BCUT2D eigenvalue weighted by molar-refractivity contribution is 7.97. The Morgan fingerprint density at radius 1 is 0.591 bits per heavy atom. The van der Waals surface area contributed by atoms with E-state index < -0.39 is 0 Å². The number of fused-ring (bicyclic) bond motifs is 2. The van der Waals surface area contributed by atoms with Crippen molar-refractivity contribution in [3.8, 4) is 0 Å². The number of rotatable bonds is 1. The molecule has 0 aromatic heterocycles. The Morgan fingerprint density at radius 3 is 1.59 bits per heavy atom. The van der Waals surface area contributed by atoms with Gasteiger partial charge < -0.3 is 0 Å². The average Bonchev–Trinajstić information content (AvgIpc) is 2.56. The Labute approximate surface area is 135 Å². The second kappa shape index (κ2) is 5.03. The van der Waals surface area contributed by atoms with Gasteiger partial charge in [0.2, 0.25) is 0 Å². The van der Waals surface area contributed by atoms with Crippen molar-refractivity contribution in [1.82, 2.24) is 0 Å². The fraction of sp³-hybridized carbons (Fsp3) is 0.143. The Bertz CT molecular complexity index is 769. The van der Waals surface area contributed by atoms with Crippen LogP contribution in [0.25, 0.3) is 0 Å².